The second-order valence-electron chi connectivity index (χ2n) is 8.76. The van der Waals surface area contributed by atoms with Gasteiger partial charge in [0.15, 0.2) is 0 Å². The summed E-state index contributed by atoms with van der Waals surface area (Å²) in [6.07, 6.45) is -5.02. The molecule has 3 amide bonds. The number of piperidine rings is 1. The summed E-state index contributed by atoms with van der Waals surface area (Å²) in [7, 11) is 0. The van der Waals surface area contributed by atoms with Gasteiger partial charge in [-0.05, 0) is 48.7 Å². The number of carbonyl (C=O) groups is 3. The maximum absolute atomic E-state index is 12.8. The van der Waals surface area contributed by atoms with Crippen LogP contribution in [-0.2, 0) is 20.5 Å². The number of halogens is 3. The predicted octanol–water partition coefficient (Wildman–Crippen LogP) is 2.96. The first-order valence-corrected chi connectivity index (χ1v) is 11.4. The van der Waals surface area contributed by atoms with Crippen LogP contribution in [0.1, 0.15) is 35.4 Å². The van der Waals surface area contributed by atoms with Crippen LogP contribution >= 0.6 is 0 Å². The molecule has 9 nitrogen and oxygen atoms in total. The largest absolute Gasteiger partial charge is 0.449 e. The van der Waals surface area contributed by atoms with Gasteiger partial charge >= 0.3 is 12.3 Å². The fourth-order valence-corrected chi connectivity index (χ4v) is 4.59. The molecule has 0 bridgehead atoms. The van der Waals surface area contributed by atoms with Crippen LogP contribution in [0, 0.1) is 16.7 Å². The number of rotatable bonds is 7. The van der Waals surface area contributed by atoms with Crippen molar-refractivity contribution in [2.45, 2.75) is 24.9 Å². The summed E-state index contributed by atoms with van der Waals surface area (Å²) >= 11 is 0. The van der Waals surface area contributed by atoms with E-state index in [0.717, 1.165) is 24.3 Å². The molecule has 0 saturated carbocycles. The van der Waals surface area contributed by atoms with Crippen molar-refractivity contribution in [3.05, 3.63) is 65.2 Å². The molecule has 0 spiro atoms. The first-order chi connectivity index (χ1) is 17.5. The lowest BCUT2D eigenvalue weighted by atomic mass is 9.65. The van der Waals surface area contributed by atoms with Crippen LogP contribution in [0.2, 0.25) is 0 Å². The summed E-state index contributed by atoms with van der Waals surface area (Å²) < 4.78 is 43.8. The van der Waals surface area contributed by atoms with E-state index in [1.54, 1.807) is 24.3 Å². The minimum Gasteiger partial charge on any atom is -0.449 e. The molecule has 1 aliphatic heterocycles. The number of alkyl halides is 3. The molecule has 37 heavy (non-hydrogen) atoms. The number of nitrogens with one attached hydrogen (secondary N) is 1. The van der Waals surface area contributed by atoms with Crippen molar-refractivity contribution in [1.82, 2.24) is 4.90 Å². The molecule has 1 heterocycles. The van der Waals surface area contributed by atoms with Crippen molar-refractivity contribution in [1.29, 1.82) is 5.26 Å². The minimum absolute atomic E-state index is 0.0803. The van der Waals surface area contributed by atoms with E-state index in [2.05, 4.69) is 5.32 Å². The van der Waals surface area contributed by atoms with Crippen LogP contribution in [0.5, 0.6) is 0 Å². The predicted molar refractivity (Wildman–Crippen MR) is 127 cm³/mol. The van der Waals surface area contributed by atoms with Crippen LogP contribution < -0.4 is 16.8 Å². The summed E-state index contributed by atoms with van der Waals surface area (Å²) in [5, 5.41) is 12.0. The van der Waals surface area contributed by atoms with E-state index in [1.807, 2.05) is 6.07 Å². The molecule has 0 aliphatic carbocycles. The Balaban J connectivity index is 1.85. The maximum atomic E-state index is 12.8. The highest BCUT2D eigenvalue weighted by Gasteiger charge is 2.47. The van der Waals surface area contributed by atoms with E-state index in [1.165, 1.54) is 4.90 Å². The van der Waals surface area contributed by atoms with Gasteiger partial charge in [0.2, 0.25) is 11.8 Å². The van der Waals surface area contributed by atoms with Crippen LogP contribution in [-0.4, -0.2) is 49.0 Å². The van der Waals surface area contributed by atoms with E-state index >= 15 is 0 Å². The van der Waals surface area contributed by atoms with Crippen LogP contribution in [0.25, 0.3) is 0 Å². The standard InChI is InChI=1S/C25H26F3N5O4/c26-25(27,28)17-5-7-18(8-6-17)32-23(36)37-15-24(9-11-33(12-10-24)20(34)14-30)21(22(31)35)19-4-2-1-3-16(19)13-29/h1-8,21H,9-12,14-15,30H2,(H2,31,35)(H,32,36). The number of likely N-dealkylation sites (tertiary alicyclic amines) is 1. The fourth-order valence-electron chi connectivity index (χ4n) is 4.59. The molecule has 1 saturated heterocycles. The third-order valence-electron chi connectivity index (χ3n) is 6.53. The maximum Gasteiger partial charge on any atom is 0.416 e. The third kappa shape index (κ3) is 6.37. The molecule has 5 N–H and O–H groups in total. The van der Waals surface area contributed by atoms with Crippen LogP contribution in [0.15, 0.2) is 48.5 Å². The quantitative estimate of drug-likeness (QED) is 0.514. The first kappa shape index (κ1) is 27.5. The van der Waals surface area contributed by atoms with Gasteiger partial charge in [-0.1, -0.05) is 18.2 Å². The molecule has 1 unspecified atom stereocenters. The van der Waals surface area contributed by atoms with Gasteiger partial charge in [0, 0.05) is 24.2 Å². The Morgan fingerprint density at radius 3 is 2.27 bits per heavy atom. The molecule has 2 aromatic rings. The number of carbonyl (C=O) groups excluding carboxylic acids is 3. The van der Waals surface area contributed by atoms with Crippen molar-refractivity contribution in [3.63, 3.8) is 0 Å². The Hall–Kier alpha value is -4.11. The SMILES string of the molecule is N#Cc1ccccc1C(C(N)=O)C1(COC(=O)Nc2ccc(C(F)(F)F)cc2)CCN(C(=O)CN)CC1. The van der Waals surface area contributed by atoms with Gasteiger partial charge in [0.1, 0.15) is 6.61 Å². The normalized spacial score (nSPS) is 15.8. The highest BCUT2D eigenvalue weighted by molar-refractivity contribution is 5.86. The van der Waals surface area contributed by atoms with E-state index in [4.69, 9.17) is 16.2 Å². The minimum atomic E-state index is -4.52. The Morgan fingerprint density at radius 1 is 1.11 bits per heavy atom. The van der Waals surface area contributed by atoms with Gasteiger partial charge in [-0.2, -0.15) is 18.4 Å². The second-order valence-corrected chi connectivity index (χ2v) is 8.76. The molecule has 1 fully saturated rings. The van der Waals surface area contributed by atoms with Gasteiger partial charge in [0.05, 0.1) is 29.7 Å². The zero-order chi connectivity index (χ0) is 27.2. The van der Waals surface area contributed by atoms with Crippen molar-refractivity contribution in [3.8, 4) is 6.07 Å². The lowest BCUT2D eigenvalue weighted by Crippen LogP contribution is -2.51. The Labute approximate surface area is 211 Å². The average Bonchev–Trinajstić information content (AvgIpc) is 2.87. The van der Waals surface area contributed by atoms with E-state index in [9.17, 15) is 32.8 Å². The summed E-state index contributed by atoms with van der Waals surface area (Å²) in [4.78, 5) is 38.9. The number of anilines is 1. The van der Waals surface area contributed by atoms with Crippen molar-refractivity contribution < 1.29 is 32.3 Å². The van der Waals surface area contributed by atoms with Gasteiger partial charge in [-0.3, -0.25) is 14.9 Å². The summed E-state index contributed by atoms with van der Waals surface area (Å²) in [6.45, 7) is -0.0378. The topological polar surface area (TPSA) is 152 Å². The molecule has 0 aromatic heterocycles. The van der Waals surface area contributed by atoms with Crippen molar-refractivity contribution in [2.75, 3.05) is 31.6 Å². The number of nitrogens with two attached hydrogens (primary N) is 2. The summed E-state index contributed by atoms with van der Waals surface area (Å²) in [5.41, 5.74) is 10.1. The number of nitrogens with zero attached hydrogens (tertiary/aromatic N) is 2. The van der Waals surface area contributed by atoms with Gasteiger partial charge in [0.25, 0.3) is 0 Å². The number of amides is 3. The zero-order valence-corrected chi connectivity index (χ0v) is 19.8. The zero-order valence-electron chi connectivity index (χ0n) is 19.8. The molecule has 2 aromatic carbocycles. The smallest absolute Gasteiger partial charge is 0.416 e. The number of nitriles is 1. The Kier molecular flexibility index (Phi) is 8.39. The Bertz CT molecular complexity index is 1190. The lowest BCUT2D eigenvalue weighted by molar-refractivity contribution is -0.137. The Morgan fingerprint density at radius 2 is 1.73 bits per heavy atom. The molecular weight excluding hydrogens is 491 g/mol. The van der Waals surface area contributed by atoms with Gasteiger partial charge in [-0.15, -0.1) is 0 Å². The lowest BCUT2D eigenvalue weighted by Gasteiger charge is -2.45. The molecule has 12 heteroatoms. The monoisotopic (exact) mass is 517 g/mol. The summed E-state index contributed by atoms with van der Waals surface area (Å²) in [5.74, 6) is -2.02. The average molecular weight is 518 g/mol. The molecule has 1 aliphatic rings. The highest BCUT2D eigenvalue weighted by Crippen LogP contribution is 2.46. The number of benzene rings is 2. The molecule has 196 valence electrons. The molecule has 3 rings (SSSR count). The van der Waals surface area contributed by atoms with Crippen LogP contribution in [0.3, 0.4) is 0 Å². The van der Waals surface area contributed by atoms with Crippen LogP contribution in [0.4, 0.5) is 23.7 Å². The van der Waals surface area contributed by atoms with Crippen molar-refractivity contribution >= 4 is 23.6 Å². The van der Waals surface area contributed by atoms with Gasteiger partial charge < -0.3 is 21.1 Å². The first-order valence-electron chi connectivity index (χ1n) is 11.4. The van der Waals surface area contributed by atoms with E-state index in [-0.39, 0.29) is 56.2 Å². The van der Waals surface area contributed by atoms with Crippen molar-refractivity contribution in [2.24, 2.45) is 16.9 Å². The number of hydrogen-bond acceptors (Lipinski definition) is 6. The molecular formula is C25H26F3N5O4. The number of hydrogen-bond donors (Lipinski definition) is 3. The molecule has 0 radical (unpaired) electrons. The highest BCUT2D eigenvalue weighted by atomic mass is 19.4. The second kappa shape index (κ2) is 11.3. The number of ether oxygens (including phenoxy) is 1. The summed E-state index contributed by atoms with van der Waals surface area (Å²) in [6, 6.07) is 12.3. The fraction of sp³-hybridized carbons (Fsp3) is 0.360. The molecule has 1 atom stereocenters. The van der Waals surface area contributed by atoms with E-state index < -0.39 is 35.1 Å². The third-order valence-corrected chi connectivity index (χ3v) is 6.53. The van der Waals surface area contributed by atoms with Gasteiger partial charge in [-0.25, -0.2) is 4.79 Å². The number of primary amides is 1. The van der Waals surface area contributed by atoms with E-state index in [0.29, 0.717) is 5.56 Å².